The molecular formula is C27H18N4. The van der Waals surface area contributed by atoms with E-state index >= 15 is 0 Å². The van der Waals surface area contributed by atoms with Crippen LogP contribution in [-0.4, -0.2) is 10.6 Å². The summed E-state index contributed by atoms with van der Waals surface area (Å²) in [5, 5.41) is 21.7. The Bertz CT molecular complexity index is 1540. The lowest BCUT2D eigenvalue weighted by Gasteiger charge is -2.29. The lowest BCUT2D eigenvalue weighted by atomic mass is 9.88. The van der Waals surface area contributed by atoms with Gasteiger partial charge in [0.25, 0.3) is 0 Å². The minimum Gasteiger partial charge on any atom is -0.344 e. The summed E-state index contributed by atoms with van der Waals surface area (Å²) in [7, 11) is 2.10. The van der Waals surface area contributed by atoms with Gasteiger partial charge in [-0.3, -0.25) is 0 Å². The molecule has 0 spiro atoms. The van der Waals surface area contributed by atoms with Gasteiger partial charge in [0.05, 0.1) is 28.9 Å². The highest BCUT2D eigenvalue weighted by Crippen LogP contribution is 2.50. The molecule has 6 rings (SSSR count). The number of hydrogen-bond acceptors (Lipinski definition) is 3. The molecule has 2 atom stereocenters. The third kappa shape index (κ3) is 2.34. The average molecular weight is 398 g/mol. The van der Waals surface area contributed by atoms with Crippen molar-refractivity contribution in [3.05, 3.63) is 95.6 Å². The Morgan fingerprint density at radius 3 is 2.55 bits per heavy atom. The maximum Gasteiger partial charge on any atom is 0.101 e. The molecule has 4 nitrogen and oxygen atoms in total. The summed E-state index contributed by atoms with van der Waals surface area (Å²) in [5.41, 5.74) is 6.77. The van der Waals surface area contributed by atoms with Crippen LogP contribution in [0.25, 0.3) is 21.8 Å². The van der Waals surface area contributed by atoms with E-state index in [9.17, 15) is 10.5 Å². The zero-order valence-corrected chi connectivity index (χ0v) is 16.9. The number of fused-ring (bicyclic) bond motifs is 6. The molecule has 2 heterocycles. The summed E-state index contributed by atoms with van der Waals surface area (Å²) in [6.45, 7) is 0. The molecule has 1 aromatic heterocycles. The molecule has 0 fully saturated rings. The van der Waals surface area contributed by atoms with Crippen LogP contribution in [-0.2, 0) is 7.05 Å². The van der Waals surface area contributed by atoms with E-state index in [1.807, 2.05) is 24.3 Å². The largest absolute Gasteiger partial charge is 0.344 e. The predicted octanol–water partition coefficient (Wildman–Crippen LogP) is 5.83. The highest BCUT2D eigenvalue weighted by Gasteiger charge is 2.40. The predicted molar refractivity (Wildman–Crippen MR) is 123 cm³/mol. The highest BCUT2D eigenvalue weighted by atomic mass is 15.2. The molecule has 1 aliphatic carbocycles. The minimum absolute atomic E-state index is 0.0359. The van der Waals surface area contributed by atoms with Crippen LogP contribution in [0.15, 0.2) is 84.5 Å². The van der Waals surface area contributed by atoms with Gasteiger partial charge in [-0.1, -0.05) is 48.6 Å². The number of benzene rings is 3. The SMILES string of the molecule is Cn1c2ccccc2c2ccc(N3c4c(C#N)cccc4C4C=C(C#N)C=CC43)cc21. The van der Waals surface area contributed by atoms with Crippen LogP contribution < -0.4 is 4.90 Å². The molecule has 31 heavy (non-hydrogen) atoms. The third-order valence-corrected chi connectivity index (χ3v) is 6.59. The lowest BCUT2D eigenvalue weighted by Crippen LogP contribution is -2.29. The number of nitrogens with zero attached hydrogens (tertiary/aromatic N) is 4. The summed E-state index contributed by atoms with van der Waals surface area (Å²) in [5.74, 6) is 0.0473. The zero-order valence-electron chi connectivity index (χ0n) is 16.9. The van der Waals surface area contributed by atoms with E-state index in [0.29, 0.717) is 11.1 Å². The number of nitriles is 2. The molecule has 2 aliphatic rings. The molecule has 146 valence electrons. The first-order chi connectivity index (χ1) is 15.2. The maximum absolute atomic E-state index is 9.84. The zero-order chi connectivity index (χ0) is 21.1. The monoisotopic (exact) mass is 398 g/mol. The van der Waals surface area contributed by atoms with Crippen molar-refractivity contribution in [2.45, 2.75) is 12.0 Å². The van der Waals surface area contributed by atoms with Gasteiger partial charge in [-0.05, 0) is 35.9 Å². The molecule has 3 aromatic carbocycles. The molecule has 0 amide bonds. The molecule has 0 bridgehead atoms. The van der Waals surface area contributed by atoms with Gasteiger partial charge < -0.3 is 9.47 Å². The molecule has 0 saturated heterocycles. The smallest absolute Gasteiger partial charge is 0.101 e. The van der Waals surface area contributed by atoms with Gasteiger partial charge in [0.1, 0.15) is 6.07 Å². The Labute approximate surface area is 180 Å². The van der Waals surface area contributed by atoms with Gasteiger partial charge >= 0.3 is 0 Å². The Balaban J connectivity index is 1.61. The van der Waals surface area contributed by atoms with Crippen LogP contribution >= 0.6 is 0 Å². The minimum atomic E-state index is 0.0359. The van der Waals surface area contributed by atoms with E-state index in [0.717, 1.165) is 22.5 Å². The highest BCUT2D eigenvalue weighted by molar-refractivity contribution is 6.09. The van der Waals surface area contributed by atoms with Crippen LogP contribution in [0.4, 0.5) is 11.4 Å². The Morgan fingerprint density at radius 1 is 0.871 bits per heavy atom. The summed E-state index contributed by atoms with van der Waals surface area (Å²) >= 11 is 0. The van der Waals surface area contributed by atoms with E-state index in [2.05, 4.69) is 83.3 Å². The quantitative estimate of drug-likeness (QED) is 0.405. The van der Waals surface area contributed by atoms with E-state index < -0.39 is 0 Å². The van der Waals surface area contributed by atoms with Gasteiger partial charge in [0, 0.05) is 40.5 Å². The van der Waals surface area contributed by atoms with Gasteiger partial charge in [-0.2, -0.15) is 10.5 Å². The summed E-state index contributed by atoms with van der Waals surface area (Å²) < 4.78 is 2.23. The van der Waals surface area contributed by atoms with E-state index in [1.165, 1.54) is 16.3 Å². The molecule has 0 N–H and O–H groups in total. The molecule has 0 saturated carbocycles. The first-order valence-electron chi connectivity index (χ1n) is 10.3. The van der Waals surface area contributed by atoms with E-state index in [-0.39, 0.29) is 12.0 Å². The van der Waals surface area contributed by atoms with Gasteiger partial charge in [-0.25, -0.2) is 0 Å². The van der Waals surface area contributed by atoms with E-state index in [4.69, 9.17) is 0 Å². The van der Waals surface area contributed by atoms with Crippen LogP contribution in [0, 0.1) is 22.7 Å². The van der Waals surface area contributed by atoms with Crippen LogP contribution in [0.5, 0.6) is 0 Å². The van der Waals surface area contributed by atoms with Crippen LogP contribution in [0.1, 0.15) is 17.0 Å². The van der Waals surface area contributed by atoms with Crippen molar-refractivity contribution in [2.24, 2.45) is 7.05 Å². The van der Waals surface area contributed by atoms with Crippen molar-refractivity contribution in [3.63, 3.8) is 0 Å². The first-order valence-corrected chi connectivity index (χ1v) is 10.3. The number of anilines is 2. The number of hydrogen-bond donors (Lipinski definition) is 0. The maximum atomic E-state index is 9.84. The third-order valence-electron chi connectivity index (χ3n) is 6.59. The second-order valence-electron chi connectivity index (χ2n) is 8.11. The normalized spacial score (nSPS) is 19.1. The van der Waals surface area contributed by atoms with Gasteiger partial charge in [0.2, 0.25) is 0 Å². The fourth-order valence-electron chi connectivity index (χ4n) is 5.20. The van der Waals surface area contributed by atoms with Gasteiger partial charge in [0.15, 0.2) is 0 Å². The van der Waals surface area contributed by atoms with Crippen LogP contribution in [0.3, 0.4) is 0 Å². The number of aromatic nitrogens is 1. The van der Waals surface area contributed by atoms with Crippen molar-refractivity contribution in [1.29, 1.82) is 10.5 Å². The molecule has 4 aromatic rings. The average Bonchev–Trinajstić information content (AvgIpc) is 3.31. The van der Waals surface area contributed by atoms with Crippen molar-refractivity contribution >= 4 is 33.2 Å². The summed E-state index contributed by atoms with van der Waals surface area (Å²) in [6.07, 6.45) is 6.01. The second kappa shape index (κ2) is 6.36. The standard InChI is InChI=1S/C27H18N4/c1-30-24-8-3-2-6-20(24)21-11-10-19(14-26(21)30)31-25-12-9-17(15-28)13-23(25)22-7-4-5-18(16-29)27(22)31/h2-14,23,25H,1H3. The van der Waals surface area contributed by atoms with Crippen molar-refractivity contribution in [3.8, 4) is 12.1 Å². The van der Waals surface area contributed by atoms with E-state index in [1.54, 1.807) is 0 Å². The number of allylic oxidation sites excluding steroid dienone is 2. The Kier molecular flexibility index (Phi) is 3.60. The topological polar surface area (TPSA) is 55.8 Å². The van der Waals surface area contributed by atoms with Crippen LogP contribution in [0.2, 0.25) is 0 Å². The fourth-order valence-corrected chi connectivity index (χ4v) is 5.20. The lowest BCUT2D eigenvalue weighted by molar-refractivity contribution is 0.741. The Morgan fingerprint density at radius 2 is 1.71 bits per heavy atom. The molecule has 1 aliphatic heterocycles. The summed E-state index contributed by atoms with van der Waals surface area (Å²) in [4.78, 5) is 2.26. The number of rotatable bonds is 1. The molecule has 0 radical (unpaired) electrons. The van der Waals surface area contributed by atoms with Crippen molar-refractivity contribution in [1.82, 2.24) is 4.57 Å². The molecular weight excluding hydrogens is 380 g/mol. The second-order valence-corrected chi connectivity index (χ2v) is 8.11. The first kappa shape index (κ1) is 17.6. The number of para-hydroxylation sites is 2. The number of aryl methyl sites for hydroxylation is 1. The molecule has 4 heteroatoms. The van der Waals surface area contributed by atoms with Gasteiger partial charge in [-0.15, -0.1) is 0 Å². The molecule has 2 unspecified atom stereocenters. The van der Waals surface area contributed by atoms with Crippen molar-refractivity contribution < 1.29 is 0 Å². The summed E-state index contributed by atoms with van der Waals surface area (Å²) in [6, 6.07) is 25.5. The van der Waals surface area contributed by atoms with Crippen molar-refractivity contribution in [2.75, 3.05) is 4.90 Å². The Hall–Kier alpha value is -4.28. The fraction of sp³-hybridized carbons (Fsp3) is 0.111.